The van der Waals surface area contributed by atoms with Crippen molar-refractivity contribution in [2.75, 3.05) is 13.1 Å². The molecular weight excluding hydrogens is 248 g/mol. The molecule has 1 unspecified atom stereocenters. The molecule has 0 bridgehead atoms. The lowest BCUT2D eigenvalue weighted by Gasteiger charge is -2.30. The van der Waals surface area contributed by atoms with Crippen LogP contribution in [0.2, 0.25) is 0 Å². The summed E-state index contributed by atoms with van der Waals surface area (Å²) in [6, 6.07) is 1.55. The Balaban J connectivity index is 2.04. The van der Waals surface area contributed by atoms with Crippen LogP contribution in [0.15, 0.2) is 10.5 Å². The molecule has 2 rings (SSSR count). The lowest BCUT2D eigenvalue weighted by atomic mass is 9.97. The Morgan fingerprint density at radius 3 is 2.89 bits per heavy atom. The molecule has 1 aliphatic heterocycles. The zero-order chi connectivity index (χ0) is 14.0. The zero-order valence-electron chi connectivity index (χ0n) is 10.9. The van der Waals surface area contributed by atoms with Crippen LogP contribution in [0.4, 0.5) is 0 Å². The van der Waals surface area contributed by atoms with Crippen LogP contribution in [0.1, 0.15) is 34.7 Å². The van der Waals surface area contributed by atoms with E-state index in [1.165, 1.54) is 0 Å². The third-order valence-electron chi connectivity index (χ3n) is 3.53. The van der Waals surface area contributed by atoms with Gasteiger partial charge in [-0.05, 0) is 32.4 Å². The molecule has 1 amide bonds. The summed E-state index contributed by atoms with van der Waals surface area (Å²) in [5, 5.41) is 8.87. The number of likely N-dealkylation sites (tertiary alicyclic amines) is 1. The number of nitrogens with zero attached hydrogens (tertiary/aromatic N) is 1. The lowest BCUT2D eigenvalue weighted by molar-refractivity contribution is -0.123. The topological polar surface area (TPSA) is 96.8 Å². The van der Waals surface area contributed by atoms with Gasteiger partial charge >= 0.3 is 5.97 Å². The van der Waals surface area contributed by atoms with E-state index in [9.17, 15) is 9.59 Å². The van der Waals surface area contributed by atoms with Crippen LogP contribution in [-0.4, -0.2) is 35.0 Å². The molecule has 6 heteroatoms. The summed E-state index contributed by atoms with van der Waals surface area (Å²) in [5.74, 6) is -0.877. The molecule has 1 aromatic rings. The summed E-state index contributed by atoms with van der Waals surface area (Å²) in [4.78, 5) is 24.2. The largest absolute Gasteiger partial charge is 0.475 e. The summed E-state index contributed by atoms with van der Waals surface area (Å²) >= 11 is 0. The molecule has 0 aliphatic carbocycles. The van der Waals surface area contributed by atoms with E-state index in [4.69, 9.17) is 15.3 Å². The number of aromatic carboxylic acids is 1. The Kier molecular flexibility index (Phi) is 3.90. The minimum absolute atomic E-state index is 0.0454. The Morgan fingerprint density at radius 1 is 1.58 bits per heavy atom. The number of carbonyl (C=O) groups excluding carboxylic acids is 1. The van der Waals surface area contributed by atoms with Crippen molar-refractivity contribution >= 4 is 11.9 Å². The fraction of sp³-hybridized carbons (Fsp3) is 0.538. The molecule has 6 nitrogen and oxygen atoms in total. The number of carboxylic acid groups (broad SMARTS) is 1. The molecule has 3 N–H and O–H groups in total. The van der Waals surface area contributed by atoms with Crippen LogP contribution in [-0.2, 0) is 11.3 Å². The maximum absolute atomic E-state index is 11.2. The van der Waals surface area contributed by atoms with Gasteiger partial charge in [0, 0.05) is 18.7 Å². The quantitative estimate of drug-likeness (QED) is 0.846. The van der Waals surface area contributed by atoms with E-state index in [0.29, 0.717) is 18.8 Å². The van der Waals surface area contributed by atoms with Gasteiger partial charge in [-0.25, -0.2) is 4.79 Å². The van der Waals surface area contributed by atoms with Gasteiger partial charge in [0.1, 0.15) is 5.76 Å². The molecule has 1 saturated heterocycles. The zero-order valence-corrected chi connectivity index (χ0v) is 10.9. The highest BCUT2D eigenvalue weighted by molar-refractivity contribution is 5.84. The number of rotatable bonds is 4. The van der Waals surface area contributed by atoms with Gasteiger partial charge in [0.25, 0.3) is 0 Å². The third kappa shape index (κ3) is 3.14. The second-order valence-electron chi connectivity index (χ2n) is 4.97. The van der Waals surface area contributed by atoms with Crippen LogP contribution in [0.3, 0.4) is 0 Å². The van der Waals surface area contributed by atoms with Gasteiger partial charge in [0.15, 0.2) is 0 Å². The summed E-state index contributed by atoms with van der Waals surface area (Å²) in [5.41, 5.74) is 6.18. The molecule has 0 spiro atoms. The molecule has 2 heterocycles. The maximum atomic E-state index is 11.2. The number of carboxylic acids is 1. The van der Waals surface area contributed by atoms with E-state index >= 15 is 0 Å². The average molecular weight is 266 g/mol. The predicted molar refractivity (Wildman–Crippen MR) is 67.6 cm³/mol. The van der Waals surface area contributed by atoms with Crippen molar-refractivity contribution in [3.05, 3.63) is 23.2 Å². The predicted octanol–water partition coefficient (Wildman–Crippen LogP) is 0.984. The van der Waals surface area contributed by atoms with Crippen LogP contribution < -0.4 is 5.73 Å². The Labute approximate surface area is 111 Å². The molecule has 1 aliphatic rings. The Morgan fingerprint density at radius 2 is 2.32 bits per heavy atom. The highest BCUT2D eigenvalue weighted by Gasteiger charge is 2.25. The maximum Gasteiger partial charge on any atom is 0.371 e. The van der Waals surface area contributed by atoms with Gasteiger partial charge < -0.3 is 15.3 Å². The standard InChI is InChI=1S/C13H18N2O4/c1-8-10(5-11(19-8)13(17)18)7-15-4-2-3-9(6-15)12(14)16/h5,9H,2-4,6-7H2,1H3,(H2,14,16)(H,17,18). The first-order valence-corrected chi connectivity index (χ1v) is 6.31. The van der Waals surface area contributed by atoms with E-state index < -0.39 is 5.97 Å². The van der Waals surface area contributed by atoms with Crippen molar-refractivity contribution in [1.29, 1.82) is 0 Å². The number of furan rings is 1. The second-order valence-corrected chi connectivity index (χ2v) is 4.97. The van der Waals surface area contributed by atoms with Gasteiger partial charge in [0.2, 0.25) is 11.7 Å². The molecule has 0 radical (unpaired) electrons. The Hall–Kier alpha value is -1.82. The molecular formula is C13H18N2O4. The number of primary amides is 1. The molecule has 1 fully saturated rings. The Bertz CT molecular complexity index is 495. The highest BCUT2D eigenvalue weighted by Crippen LogP contribution is 2.21. The monoisotopic (exact) mass is 266 g/mol. The summed E-state index contributed by atoms with van der Waals surface area (Å²) in [7, 11) is 0. The summed E-state index contributed by atoms with van der Waals surface area (Å²) in [6.07, 6.45) is 1.76. The number of carbonyl (C=O) groups is 2. The molecule has 19 heavy (non-hydrogen) atoms. The number of hydrogen-bond donors (Lipinski definition) is 2. The van der Waals surface area contributed by atoms with Gasteiger partial charge in [-0.15, -0.1) is 0 Å². The normalized spacial score (nSPS) is 20.4. The van der Waals surface area contributed by atoms with Crippen molar-refractivity contribution in [1.82, 2.24) is 4.90 Å². The first-order valence-electron chi connectivity index (χ1n) is 6.31. The van der Waals surface area contributed by atoms with E-state index in [2.05, 4.69) is 4.90 Å². The van der Waals surface area contributed by atoms with Crippen LogP contribution in [0, 0.1) is 12.8 Å². The van der Waals surface area contributed by atoms with Gasteiger partial charge in [-0.3, -0.25) is 9.69 Å². The number of amides is 1. The van der Waals surface area contributed by atoms with E-state index in [1.54, 1.807) is 13.0 Å². The molecule has 1 atom stereocenters. The van der Waals surface area contributed by atoms with Crippen LogP contribution in [0.5, 0.6) is 0 Å². The number of hydrogen-bond acceptors (Lipinski definition) is 4. The van der Waals surface area contributed by atoms with Crippen LogP contribution in [0.25, 0.3) is 0 Å². The van der Waals surface area contributed by atoms with Crippen LogP contribution >= 0.6 is 0 Å². The third-order valence-corrected chi connectivity index (χ3v) is 3.53. The number of piperidine rings is 1. The molecule has 0 saturated carbocycles. The van der Waals surface area contributed by atoms with Gasteiger partial charge in [-0.2, -0.15) is 0 Å². The fourth-order valence-electron chi connectivity index (χ4n) is 2.45. The average Bonchev–Trinajstić information content (AvgIpc) is 2.71. The molecule has 104 valence electrons. The second kappa shape index (κ2) is 5.44. The SMILES string of the molecule is Cc1oc(C(=O)O)cc1CN1CCCC(C(N)=O)C1. The van der Waals surface area contributed by atoms with Crippen molar-refractivity contribution in [3.8, 4) is 0 Å². The van der Waals surface area contributed by atoms with Crippen molar-refractivity contribution in [2.45, 2.75) is 26.3 Å². The van der Waals surface area contributed by atoms with Crippen molar-refractivity contribution in [2.24, 2.45) is 11.7 Å². The van der Waals surface area contributed by atoms with Gasteiger partial charge in [-0.1, -0.05) is 0 Å². The van der Waals surface area contributed by atoms with E-state index in [-0.39, 0.29) is 17.6 Å². The van der Waals surface area contributed by atoms with E-state index in [0.717, 1.165) is 24.9 Å². The molecule has 0 aromatic carbocycles. The van der Waals surface area contributed by atoms with Crippen molar-refractivity contribution in [3.63, 3.8) is 0 Å². The smallest absolute Gasteiger partial charge is 0.371 e. The summed E-state index contributed by atoms with van der Waals surface area (Å²) < 4.78 is 5.17. The lowest BCUT2D eigenvalue weighted by Crippen LogP contribution is -2.40. The first-order chi connectivity index (χ1) is 8.97. The highest BCUT2D eigenvalue weighted by atomic mass is 16.4. The molecule has 1 aromatic heterocycles. The van der Waals surface area contributed by atoms with E-state index in [1.807, 2.05) is 0 Å². The minimum Gasteiger partial charge on any atom is -0.475 e. The first kappa shape index (κ1) is 13.6. The van der Waals surface area contributed by atoms with Gasteiger partial charge in [0.05, 0.1) is 5.92 Å². The summed E-state index contributed by atoms with van der Waals surface area (Å²) in [6.45, 7) is 3.85. The number of aryl methyl sites for hydroxylation is 1. The minimum atomic E-state index is -1.07. The van der Waals surface area contributed by atoms with Crippen molar-refractivity contribution < 1.29 is 19.1 Å². The fourth-order valence-corrected chi connectivity index (χ4v) is 2.45. The number of nitrogens with two attached hydrogens (primary N) is 1.